The highest BCUT2D eigenvalue weighted by Crippen LogP contribution is 2.30. The van der Waals surface area contributed by atoms with Crippen LogP contribution in [0.4, 0.5) is 14.5 Å². The molecule has 148 valence electrons. The number of hydrogen-bond donors (Lipinski definition) is 2. The van der Waals surface area contributed by atoms with Gasteiger partial charge in [0.2, 0.25) is 0 Å². The lowest BCUT2D eigenvalue weighted by atomic mass is 9.91. The molecule has 0 aliphatic carbocycles. The molecule has 0 amide bonds. The molecule has 1 saturated heterocycles. The number of hydrogen-bond acceptors (Lipinski definition) is 4. The van der Waals surface area contributed by atoms with Gasteiger partial charge in [-0.25, -0.2) is 8.78 Å². The van der Waals surface area contributed by atoms with Crippen molar-refractivity contribution in [3.8, 4) is 5.75 Å². The lowest BCUT2D eigenvalue weighted by Gasteiger charge is -2.39. The molecule has 0 unspecified atom stereocenters. The Morgan fingerprint density at radius 1 is 1.41 bits per heavy atom. The second-order valence-electron chi connectivity index (χ2n) is 6.75. The molecule has 0 atom stereocenters. The van der Waals surface area contributed by atoms with Crippen molar-refractivity contribution in [1.29, 1.82) is 0 Å². The highest BCUT2D eigenvalue weighted by molar-refractivity contribution is 5.52. The Kier molecular flexibility index (Phi) is 7.56. The molecule has 1 aromatic rings. The molecule has 1 aliphatic heterocycles. The molecule has 1 fully saturated rings. The third-order valence-electron chi connectivity index (χ3n) is 4.63. The van der Waals surface area contributed by atoms with E-state index in [1.807, 2.05) is 14.0 Å². The summed E-state index contributed by atoms with van der Waals surface area (Å²) in [6, 6.07) is 4.76. The monoisotopic (exact) mass is 378 g/mol. The number of aliphatic hydroxyl groups is 1. The average Bonchev–Trinajstić information content (AvgIpc) is 2.63. The van der Waals surface area contributed by atoms with Gasteiger partial charge < -0.3 is 20.1 Å². The Morgan fingerprint density at radius 3 is 2.70 bits per heavy atom. The van der Waals surface area contributed by atoms with Crippen LogP contribution in [0, 0.1) is 5.82 Å². The number of ether oxygens (including phenoxy) is 1. The van der Waals surface area contributed by atoms with Crippen molar-refractivity contribution >= 4 is 5.69 Å². The van der Waals surface area contributed by atoms with Gasteiger partial charge in [-0.15, -0.1) is 0 Å². The van der Waals surface area contributed by atoms with E-state index in [-0.39, 0.29) is 5.75 Å². The van der Waals surface area contributed by atoms with Gasteiger partial charge in [-0.05, 0) is 44.2 Å². The molecule has 1 aromatic carbocycles. The Bertz CT molecular complexity index is 708. The van der Waals surface area contributed by atoms with E-state index in [0.29, 0.717) is 44.7 Å². The zero-order valence-corrected chi connectivity index (χ0v) is 16.0. The third kappa shape index (κ3) is 6.19. The zero-order valence-electron chi connectivity index (χ0n) is 16.0. The van der Waals surface area contributed by atoms with Crippen molar-refractivity contribution < 1.29 is 18.6 Å². The lowest BCUT2D eigenvalue weighted by Crippen LogP contribution is -2.49. The van der Waals surface area contributed by atoms with Crippen LogP contribution in [0.15, 0.2) is 54.6 Å². The first kappa shape index (κ1) is 21.1. The van der Waals surface area contributed by atoms with Gasteiger partial charge in [-0.2, -0.15) is 0 Å². The number of benzene rings is 1. The fourth-order valence-electron chi connectivity index (χ4n) is 3.08. The van der Waals surface area contributed by atoms with Crippen LogP contribution in [0.3, 0.4) is 0 Å². The van der Waals surface area contributed by atoms with Crippen LogP contribution in [0.2, 0.25) is 0 Å². The van der Waals surface area contributed by atoms with E-state index >= 15 is 0 Å². The second-order valence-corrected chi connectivity index (χ2v) is 6.75. The number of halogens is 2. The zero-order chi connectivity index (χ0) is 19.9. The van der Waals surface area contributed by atoms with Crippen LogP contribution in [0.5, 0.6) is 5.75 Å². The maximum absolute atomic E-state index is 14.2. The SMILES string of the molecule is C=C(F)/C=C\C=C(/CC)Oc1cc(N2CCC(O)(CNC)CC2)ccc1F. The summed E-state index contributed by atoms with van der Waals surface area (Å²) in [5.74, 6) is -0.367. The Labute approximate surface area is 159 Å². The van der Waals surface area contributed by atoms with Crippen molar-refractivity contribution in [2.45, 2.75) is 31.8 Å². The van der Waals surface area contributed by atoms with Crippen LogP contribution in [0.1, 0.15) is 26.2 Å². The number of allylic oxidation sites excluding steroid dienone is 5. The van der Waals surface area contributed by atoms with Crippen LogP contribution >= 0.6 is 0 Å². The molecule has 1 heterocycles. The number of piperidine rings is 1. The molecule has 0 aromatic heterocycles. The van der Waals surface area contributed by atoms with Crippen molar-refractivity contribution in [2.75, 3.05) is 31.6 Å². The molecule has 0 radical (unpaired) electrons. The van der Waals surface area contributed by atoms with E-state index in [2.05, 4.69) is 16.8 Å². The molecule has 2 rings (SSSR count). The fourth-order valence-corrected chi connectivity index (χ4v) is 3.08. The number of nitrogens with zero attached hydrogens (tertiary/aromatic N) is 1. The largest absolute Gasteiger partial charge is 0.459 e. The number of anilines is 1. The molecule has 1 aliphatic rings. The summed E-state index contributed by atoms with van der Waals surface area (Å²) >= 11 is 0. The standard InChI is InChI=1S/C21H28F2N2O2/c1-4-18(7-5-6-16(2)22)27-20-14-17(8-9-19(20)23)25-12-10-21(26,11-13-25)15-24-3/h5-9,14,24,26H,2,4,10-13,15H2,1,3H3/b6-5-,18-7+. The lowest BCUT2D eigenvalue weighted by molar-refractivity contribution is 0.0185. The maximum Gasteiger partial charge on any atom is 0.165 e. The van der Waals surface area contributed by atoms with Gasteiger partial charge in [0.25, 0.3) is 0 Å². The molecular weight excluding hydrogens is 350 g/mol. The number of nitrogens with one attached hydrogen (secondary N) is 1. The Morgan fingerprint density at radius 2 is 2.11 bits per heavy atom. The van der Waals surface area contributed by atoms with Crippen molar-refractivity contribution in [2.24, 2.45) is 0 Å². The van der Waals surface area contributed by atoms with Crippen molar-refractivity contribution in [3.05, 3.63) is 60.4 Å². The summed E-state index contributed by atoms with van der Waals surface area (Å²) in [6.07, 6.45) is 6.10. The maximum atomic E-state index is 14.2. The summed E-state index contributed by atoms with van der Waals surface area (Å²) in [4.78, 5) is 2.11. The van der Waals surface area contributed by atoms with Crippen LogP contribution in [-0.4, -0.2) is 37.4 Å². The molecule has 4 nitrogen and oxygen atoms in total. The summed E-state index contributed by atoms with van der Waals surface area (Å²) in [5, 5.41) is 13.5. The Hall–Kier alpha value is -2.18. The highest BCUT2D eigenvalue weighted by atomic mass is 19.1. The number of rotatable bonds is 8. The highest BCUT2D eigenvalue weighted by Gasteiger charge is 2.31. The first-order valence-corrected chi connectivity index (χ1v) is 9.18. The van der Waals surface area contributed by atoms with E-state index < -0.39 is 17.2 Å². The van der Waals surface area contributed by atoms with Gasteiger partial charge in [-0.1, -0.05) is 19.6 Å². The molecule has 6 heteroatoms. The van der Waals surface area contributed by atoms with E-state index in [4.69, 9.17) is 4.74 Å². The molecule has 0 spiro atoms. The smallest absolute Gasteiger partial charge is 0.165 e. The normalized spacial score (nSPS) is 17.4. The van der Waals surface area contributed by atoms with Gasteiger partial charge in [0.15, 0.2) is 11.6 Å². The minimum absolute atomic E-state index is 0.129. The van der Waals surface area contributed by atoms with Crippen LogP contribution in [0.25, 0.3) is 0 Å². The third-order valence-corrected chi connectivity index (χ3v) is 4.63. The fraction of sp³-hybridized carbons (Fsp3) is 0.429. The molecule has 0 saturated carbocycles. The quantitative estimate of drug-likeness (QED) is 0.528. The summed E-state index contributed by atoms with van der Waals surface area (Å²) in [7, 11) is 1.82. The van der Waals surface area contributed by atoms with Gasteiger partial charge in [0.1, 0.15) is 11.6 Å². The summed E-state index contributed by atoms with van der Waals surface area (Å²) < 4.78 is 32.6. The van der Waals surface area contributed by atoms with Gasteiger partial charge in [0.05, 0.1) is 5.60 Å². The van der Waals surface area contributed by atoms with Gasteiger partial charge in [-0.3, -0.25) is 0 Å². The van der Waals surface area contributed by atoms with Crippen molar-refractivity contribution in [3.63, 3.8) is 0 Å². The van der Waals surface area contributed by atoms with Crippen LogP contribution < -0.4 is 15.0 Å². The predicted octanol–water partition coefficient (Wildman–Crippen LogP) is 4.09. The Balaban J connectivity index is 2.11. The summed E-state index contributed by atoms with van der Waals surface area (Å²) in [6.45, 7) is 6.95. The van der Waals surface area contributed by atoms with Gasteiger partial charge >= 0.3 is 0 Å². The van der Waals surface area contributed by atoms with Crippen molar-refractivity contribution in [1.82, 2.24) is 5.32 Å². The molecule has 0 bridgehead atoms. The minimum atomic E-state index is -0.699. The molecule has 2 N–H and O–H groups in total. The van der Waals surface area contributed by atoms with Crippen LogP contribution in [-0.2, 0) is 0 Å². The van der Waals surface area contributed by atoms with Gasteiger partial charge in [0, 0.05) is 37.8 Å². The second kappa shape index (κ2) is 9.67. The molecular formula is C21H28F2N2O2. The van der Waals surface area contributed by atoms with E-state index in [1.165, 1.54) is 18.2 Å². The van der Waals surface area contributed by atoms with E-state index in [9.17, 15) is 13.9 Å². The predicted molar refractivity (Wildman–Crippen MR) is 105 cm³/mol. The van der Waals surface area contributed by atoms with E-state index in [0.717, 1.165) is 5.69 Å². The first-order chi connectivity index (χ1) is 12.9. The first-order valence-electron chi connectivity index (χ1n) is 9.18. The number of likely N-dealkylation sites (N-methyl/N-ethyl adjacent to an activating group) is 1. The summed E-state index contributed by atoms with van der Waals surface area (Å²) in [5.41, 5.74) is 0.149. The topological polar surface area (TPSA) is 44.7 Å². The average molecular weight is 378 g/mol. The van der Waals surface area contributed by atoms with E-state index in [1.54, 1.807) is 18.2 Å². The molecule has 27 heavy (non-hydrogen) atoms. The minimum Gasteiger partial charge on any atom is -0.459 e.